The maximum absolute atomic E-state index is 2.42. The van der Waals surface area contributed by atoms with E-state index in [-0.39, 0.29) is 37.7 Å². The van der Waals surface area contributed by atoms with Gasteiger partial charge in [-0.15, -0.1) is 68.1 Å². The predicted molar refractivity (Wildman–Crippen MR) is 182 cm³/mol. The minimum Gasteiger partial charge on any atom is -0.130 e. The molecule has 0 aliphatic carbocycles. The molecule has 44 heavy (non-hydrogen) atoms. The number of benzene rings is 6. The molecular formula is C42H32Li2. The molecule has 8 aromatic rings. The van der Waals surface area contributed by atoms with Crippen molar-refractivity contribution in [1.82, 2.24) is 0 Å². The van der Waals surface area contributed by atoms with Crippen molar-refractivity contribution in [1.29, 1.82) is 0 Å². The average Bonchev–Trinajstić information content (AvgIpc) is 3.57. The topological polar surface area (TPSA) is 0 Å². The van der Waals surface area contributed by atoms with Crippen molar-refractivity contribution < 1.29 is 37.7 Å². The van der Waals surface area contributed by atoms with E-state index in [1.165, 1.54) is 87.6 Å². The third kappa shape index (κ3) is 5.18. The van der Waals surface area contributed by atoms with Crippen LogP contribution in [0.5, 0.6) is 0 Å². The van der Waals surface area contributed by atoms with Gasteiger partial charge in [0.25, 0.3) is 0 Å². The van der Waals surface area contributed by atoms with Gasteiger partial charge in [-0.05, 0) is 35.4 Å². The van der Waals surface area contributed by atoms with Crippen LogP contribution in [-0.4, -0.2) is 0 Å². The Hall–Kier alpha value is -3.75. The minimum atomic E-state index is 0. The summed E-state index contributed by atoms with van der Waals surface area (Å²) in [4.78, 5) is 0. The zero-order chi connectivity index (χ0) is 28.2. The third-order valence-electron chi connectivity index (χ3n) is 9.04. The zero-order valence-corrected chi connectivity index (χ0v) is 26.1. The summed E-state index contributed by atoms with van der Waals surface area (Å²) in [5.41, 5.74) is 10.9. The summed E-state index contributed by atoms with van der Waals surface area (Å²) in [6.45, 7) is 4.43. The molecule has 0 aliphatic heterocycles. The van der Waals surface area contributed by atoms with Gasteiger partial charge in [-0.3, -0.25) is 0 Å². The minimum absolute atomic E-state index is 0. The predicted octanol–water partition coefficient (Wildman–Crippen LogP) is 5.48. The van der Waals surface area contributed by atoms with Crippen LogP contribution in [0.3, 0.4) is 0 Å². The van der Waals surface area contributed by atoms with Gasteiger partial charge in [0.1, 0.15) is 0 Å². The number of hydrogen-bond acceptors (Lipinski definition) is 0. The molecule has 0 nitrogen and oxygen atoms in total. The summed E-state index contributed by atoms with van der Waals surface area (Å²) >= 11 is 0. The second kappa shape index (κ2) is 12.3. The molecule has 0 N–H and O–H groups in total. The van der Waals surface area contributed by atoms with E-state index in [2.05, 4.69) is 147 Å². The SMILES string of the molecule is Cc1cc(-c2[cH-]c3ccccc3c2CCc2c(-c3cc(C)cc4ccccc34)[cH-]c3ccccc23)c2ccccc2c1.[Li+].[Li+]. The van der Waals surface area contributed by atoms with Gasteiger partial charge in [0.05, 0.1) is 0 Å². The van der Waals surface area contributed by atoms with Crippen LogP contribution in [0.4, 0.5) is 0 Å². The van der Waals surface area contributed by atoms with E-state index in [1.54, 1.807) is 0 Å². The normalized spacial score (nSPS) is 11.2. The summed E-state index contributed by atoms with van der Waals surface area (Å²) in [6.07, 6.45) is 1.96. The van der Waals surface area contributed by atoms with Gasteiger partial charge in [0, 0.05) is 0 Å². The Morgan fingerprint density at radius 2 is 0.795 bits per heavy atom. The van der Waals surface area contributed by atoms with Gasteiger partial charge in [0.15, 0.2) is 0 Å². The molecule has 0 bridgehead atoms. The first-order chi connectivity index (χ1) is 20.6. The number of aryl methyl sites for hydroxylation is 4. The number of fused-ring (bicyclic) bond motifs is 4. The van der Waals surface area contributed by atoms with Crippen LogP contribution in [0, 0.1) is 13.8 Å². The standard InChI is InChI=1S/C42H32.2Li/c1-27-21-29-11-3-9-17-35(29)39(23-27)41-25-31-13-5-7-15-33(31)37(41)19-20-38-34-16-8-6-14-32(34)26-42(38)40-24-28(2)22-30-12-4-10-18-36(30)40;;/h3-18,21-26H,19-20H2,1-2H3;;/q-2;2*+1. The molecule has 0 saturated heterocycles. The van der Waals surface area contributed by atoms with Crippen molar-refractivity contribution in [3.05, 3.63) is 156 Å². The van der Waals surface area contributed by atoms with Crippen molar-refractivity contribution in [3.63, 3.8) is 0 Å². The average molecular weight is 551 g/mol. The molecule has 0 aromatic heterocycles. The summed E-state index contributed by atoms with van der Waals surface area (Å²) in [7, 11) is 0. The largest absolute Gasteiger partial charge is 1.00 e. The first-order valence-corrected chi connectivity index (χ1v) is 15.0. The molecule has 0 fully saturated rings. The molecule has 0 amide bonds. The molecule has 2 heteroatoms. The van der Waals surface area contributed by atoms with Gasteiger partial charge in [0.2, 0.25) is 0 Å². The zero-order valence-electron chi connectivity index (χ0n) is 26.1. The van der Waals surface area contributed by atoms with E-state index in [9.17, 15) is 0 Å². The molecule has 202 valence electrons. The number of rotatable bonds is 5. The van der Waals surface area contributed by atoms with E-state index in [0.717, 1.165) is 12.8 Å². The second-order valence-corrected chi connectivity index (χ2v) is 11.8. The van der Waals surface area contributed by atoms with Crippen LogP contribution in [0.2, 0.25) is 0 Å². The fraction of sp³-hybridized carbons (Fsp3) is 0.0952. The van der Waals surface area contributed by atoms with E-state index in [0.29, 0.717) is 0 Å². The van der Waals surface area contributed by atoms with Gasteiger partial charge in [-0.25, -0.2) is 0 Å². The van der Waals surface area contributed by atoms with Crippen molar-refractivity contribution in [2.75, 3.05) is 0 Å². The van der Waals surface area contributed by atoms with E-state index in [4.69, 9.17) is 0 Å². The molecule has 8 rings (SSSR count). The molecular weight excluding hydrogens is 518 g/mol. The smallest absolute Gasteiger partial charge is 0.130 e. The molecule has 0 atom stereocenters. The van der Waals surface area contributed by atoms with Crippen LogP contribution >= 0.6 is 0 Å². The molecule has 8 aromatic carbocycles. The van der Waals surface area contributed by atoms with Gasteiger partial charge in [-0.1, -0.05) is 144 Å². The Balaban J connectivity index is 0.00000171. The van der Waals surface area contributed by atoms with Crippen LogP contribution in [0.25, 0.3) is 65.3 Å². The summed E-state index contributed by atoms with van der Waals surface area (Å²) in [5, 5.41) is 10.7. The van der Waals surface area contributed by atoms with Crippen LogP contribution in [-0.2, 0) is 12.8 Å². The Labute approximate surface area is 283 Å². The number of hydrogen-bond donors (Lipinski definition) is 0. The van der Waals surface area contributed by atoms with E-state index >= 15 is 0 Å². The summed E-state index contributed by atoms with van der Waals surface area (Å²) < 4.78 is 0. The van der Waals surface area contributed by atoms with E-state index in [1.807, 2.05) is 0 Å². The molecule has 0 spiro atoms. The molecule has 0 aliphatic rings. The first-order valence-electron chi connectivity index (χ1n) is 15.0. The fourth-order valence-corrected chi connectivity index (χ4v) is 7.21. The van der Waals surface area contributed by atoms with Gasteiger partial charge < -0.3 is 0 Å². The van der Waals surface area contributed by atoms with Crippen LogP contribution in [0.15, 0.2) is 133 Å². The Bertz CT molecular complexity index is 2110. The Morgan fingerprint density at radius 1 is 0.432 bits per heavy atom. The van der Waals surface area contributed by atoms with Crippen LogP contribution in [0.1, 0.15) is 22.3 Å². The maximum atomic E-state index is 2.42. The quantitative estimate of drug-likeness (QED) is 0.197. The maximum Gasteiger partial charge on any atom is 1.00 e. The molecule has 0 radical (unpaired) electrons. The Morgan fingerprint density at radius 3 is 1.23 bits per heavy atom. The second-order valence-electron chi connectivity index (χ2n) is 11.8. The fourth-order valence-electron chi connectivity index (χ4n) is 7.21. The molecule has 0 heterocycles. The monoisotopic (exact) mass is 550 g/mol. The summed E-state index contributed by atoms with van der Waals surface area (Å²) in [6, 6.07) is 49.7. The Kier molecular flexibility index (Phi) is 8.49. The van der Waals surface area contributed by atoms with E-state index < -0.39 is 0 Å². The van der Waals surface area contributed by atoms with Gasteiger partial charge >= 0.3 is 37.7 Å². The first kappa shape index (κ1) is 30.3. The molecule has 0 unspecified atom stereocenters. The summed E-state index contributed by atoms with van der Waals surface area (Å²) in [5.74, 6) is 0. The van der Waals surface area contributed by atoms with Crippen molar-refractivity contribution in [2.24, 2.45) is 0 Å². The van der Waals surface area contributed by atoms with Crippen molar-refractivity contribution in [2.45, 2.75) is 26.7 Å². The third-order valence-corrected chi connectivity index (χ3v) is 9.04. The van der Waals surface area contributed by atoms with Gasteiger partial charge in [-0.2, -0.15) is 0 Å². The van der Waals surface area contributed by atoms with Crippen LogP contribution < -0.4 is 37.7 Å². The van der Waals surface area contributed by atoms with Crippen molar-refractivity contribution in [3.8, 4) is 22.3 Å². The molecule has 0 saturated carbocycles. The van der Waals surface area contributed by atoms with Crippen molar-refractivity contribution >= 4 is 43.1 Å².